The van der Waals surface area contributed by atoms with E-state index in [2.05, 4.69) is 81.3 Å². The maximum Gasteiger partial charge on any atom is 0.247 e. The number of anilines is 1. The molecule has 4 nitrogen and oxygen atoms in total. The minimum absolute atomic E-state index is 0.774. The molecule has 0 N–H and O–H groups in total. The Bertz CT molecular complexity index is 1240. The Labute approximate surface area is 167 Å². The Balaban J connectivity index is 1.52. The van der Waals surface area contributed by atoms with Crippen LogP contribution in [0.2, 0.25) is 0 Å². The van der Waals surface area contributed by atoms with E-state index < -0.39 is 0 Å². The van der Waals surface area contributed by atoms with Crippen molar-refractivity contribution in [1.82, 2.24) is 13.8 Å². The average molecular weight is 385 g/mol. The predicted molar refractivity (Wildman–Crippen MR) is 117 cm³/mol. The molecule has 2 aromatic heterocycles. The van der Waals surface area contributed by atoms with Crippen LogP contribution in [0.1, 0.15) is 12.5 Å². The lowest BCUT2D eigenvalue weighted by atomic mass is 9.99. The van der Waals surface area contributed by atoms with Gasteiger partial charge in [-0.1, -0.05) is 66.7 Å². The first kappa shape index (κ1) is 17.0. The molecule has 0 saturated heterocycles. The molecule has 0 atom stereocenters. The standard InChI is InChI=1S/C23H20N4S/c1-2-26(16-18-12-6-7-13-19(18)17-10-4-3-5-11-17)23-25-22-24-20-14-8-9-15-21(20)27(22)28-23/h3-15H,2,16H2,1H3. The molecule has 0 aliphatic rings. The van der Waals surface area contributed by atoms with Crippen LogP contribution in [0, 0.1) is 0 Å². The monoisotopic (exact) mass is 384 g/mol. The van der Waals surface area contributed by atoms with Crippen LogP contribution in [0.4, 0.5) is 5.13 Å². The summed E-state index contributed by atoms with van der Waals surface area (Å²) in [4.78, 5) is 11.8. The van der Waals surface area contributed by atoms with Crippen molar-refractivity contribution in [3.63, 3.8) is 0 Å². The summed E-state index contributed by atoms with van der Waals surface area (Å²) in [6.45, 7) is 3.88. The van der Waals surface area contributed by atoms with Gasteiger partial charge in [0.05, 0.1) is 11.0 Å². The quantitative estimate of drug-likeness (QED) is 0.393. The molecule has 3 aromatic carbocycles. The van der Waals surface area contributed by atoms with E-state index in [0.29, 0.717) is 0 Å². The van der Waals surface area contributed by atoms with Crippen LogP contribution in [-0.2, 0) is 6.54 Å². The zero-order valence-electron chi connectivity index (χ0n) is 15.6. The number of benzene rings is 3. The molecule has 0 spiro atoms. The fourth-order valence-electron chi connectivity index (χ4n) is 3.55. The van der Waals surface area contributed by atoms with Crippen molar-refractivity contribution < 1.29 is 0 Å². The lowest BCUT2D eigenvalue weighted by Crippen LogP contribution is -2.22. The molecule has 5 aromatic rings. The second-order valence-corrected chi connectivity index (χ2v) is 7.63. The van der Waals surface area contributed by atoms with Crippen LogP contribution in [0.25, 0.3) is 27.9 Å². The van der Waals surface area contributed by atoms with Gasteiger partial charge in [0.15, 0.2) is 0 Å². The molecule has 138 valence electrons. The Morgan fingerprint density at radius 2 is 1.61 bits per heavy atom. The van der Waals surface area contributed by atoms with Crippen LogP contribution in [0.3, 0.4) is 0 Å². The van der Waals surface area contributed by atoms with Gasteiger partial charge in [-0.3, -0.25) is 0 Å². The van der Waals surface area contributed by atoms with Crippen LogP contribution in [-0.4, -0.2) is 20.3 Å². The van der Waals surface area contributed by atoms with Crippen molar-refractivity contribution in [1.29, 1.82) is 0 Å². The zero-order chi connectivity index (χ0) is 18.9. The van der Waals surface area contributed by atoms with Gasteiger partial charge in [-0.05, 0) is 47.3 Å². The second kappa shape index (κ2) is 7.09. The maximum absolute atomic E-state index is 4.82. The van der Waals surface area contributed by atoms with E-state index >= 15 is 0 Å². The van der Waals surface area contributed by atoms with Crippen LogP contribution in [0.15, 0.2) is 78.9 Å². The van der Waals surface area contributed by atoms with Crippen LogP contribution >= 0.6 is 11.5 Å². The van der Waals surface area contributed by atoms with E-state index in [0.717, 1.165) is 35.0 Å². The van der Waals surface area contributed by atoms with Gasteiger partial charge < -0.3 is 4.90 Å². The smallest absolute Gasteiger partial charge is 0.247 e. The average Bonchev–Trinajstić information content (AvgIpc) is 3.31. The van der Waals surface area contributed by atoms with Crippen molar-refractivity contribution in [2.45, 2.75) is 13.5 Å². The van der Waals surface area contributed by atoms with Crippen molar-refractivity contribution >= 4 is 33.5 Å². The normalized spacial score (nSPS) is 11.3. The molecule has 0 fully saturated rings. The second-order valence-electron chi connectivity index (χ2n) is 6.72. The molecule has 2 heterocycles. The Morgan fingerprint density at radius 3 is 2.46 bits per heavy atom. The zero-order valence-corrected chi connectivity index (χ0v) is 16.4. The number of aromatic nitrogens is 3. The molecular weight excluding hydrogens is 364 g/mol. The third kappa shape index (κ3) is 2.94. The summed E-state index contributed by atoms with van der Waals surface area (Å²) in [6, 6.07) is 27.4. The minimum atomic E-state index is 0.774. The third-order valence-electron chi connectivity index (χ3n) is 4.99. The van der Waals surface area contributed by atoms with Gasteiger partial charge in [-0.2, -0.15) is 4.98 Å². The van der Waals surface area contributed by atoms with Gasteiger partial charge in [-0.25, -0.2) is 8.77 Å². The van der Waals surface area contributed by atoms with E-state index in [1.54, 1.807) is 11.5 Å². The topological polar surface area (TPSA) is 33.4 Å². The maximum atomic E-state index is 4.82. The van der Waals surface area contributed by atoms with Crippen molar-refractivity contribution in [3.05, 3.63) is 84.4 Å². The highest BCUT2D eigenvalue weighted by atomic mass is 32.1. The van der Waals surface area contributed by atoms with E-state index in [4.69, 9.17) is 4.98 Å². The molecular formula is C23H20N4S. The number of fused-ring (bicyclic) bond motifs is 3. The van der Waals surface area contributed by atoms with E-state index in [1.807, 2.05) is 18.2 Å². The molecule has 0 bridgehead atoms. The van der Waals surface area contributed by atoms with Gasteiger partial charge in [-0.15, -0.1) is 0 Å². The summed E-state index contributed by atoms with van der Waals surface area (Å²) in [7, 11) is 0. The summed E-state index contributed by atoms with van der Waals surface area (Å²) in [5.41, 5.74) is 5.92. The van der Waals surface area contributed by atoms with Gasteiger partial charge >= 0.3 is 0 Å². The Morgan fingerprint density at radius 1 is 0.857 bits per heavy atom. The highest BCUT2D eigenvalue weighted by Crippen LogP contribution is 2.29. The van der Waals surface area contributed by atoms with E-state index in [-0.39, 0.29) is 0 Å². The number of imidazole rings is 1. The summed E-state index contributed by atoms with van der Waals surface area (Å²) in [6.07, 6.45) is 0. The number of hydrogen-bond donors (Lipinski definition) is 0. The first-order valence-corrected chi connectivity index (χ1v) is 10.2. The molecule has 5 rings (SSSR count). The van der Waals surface area contributed by atoms with Gasteiger partial charge in [0, 0.05) is 13.1 Å². The van der Waals surface area contributed by atoms with Crippen molar-refractivity contribution in [2.24, 2.45) is 0 Å². The van der Waals surface area contributed by atoms with Crippen molar-refractivity contribution in [2.75, 3.05) is 11.4 Å². The molecule has 28 heavy (non-hydrogen) atoms. The minimum Gasteiger partial charge on any atom is -0.343 e. The third-order valence-corrected chi connectivity index (χ3v) is 6.04. The number of para-hydroxylation sites is 2. The van der Waals surface area contributed by atoms with Gasteiger partial charge in [0.25, 0.3) is 0 Å². The number of hydrogen-bond acceptors (Lipinski definition) is 4. The Hall–Kier alpha value is -3.18. The van der Waals surface area contributed by atoms with Crippen LogP contribution in [0.5, 0.6) is 0 Å². The highest BCUT2D eigenvalue weighted by Gasteiger charge is 2.16. The molecule has 0 saturated carbocycles. The summed E-state index contributed by atoms with van der Waals surface area (Å²) in [5.74, 6) is 0.774. The molecule has 5 heteroatoms. The molecule has 0 unspecified atom stereocenters. The van der Waals surface area contributed by atoms with E-state index in [1.165, 1.54) is 16.7 Å². The van der Waals surface area contributed by atoms with E-state index in [9.17, 15) is 0 Å². The number of rotatable bonds is 5. The van der Waals surface area contributed by atoms with Gasteiger partial charge in [0.1, 0.15) is 0 Å². The largest absolute Gasteiger partial charge is 0.343 e. The molecule has 0 aliphatic heterocycles. The lowest BCUT2D eigenvalue weighted by molar-refractivity contribution is 0.828. The number of nitrogens with zero attached hydrogens (tertiary/aromatic N) is 4. The summed E-state index contributed by atoms with van der Waals surface area (Å²) < 4.78 is 2.12. The first-order valence-electron chi connectivity index (χ1n) is 9.46. The fraction of sp³-hybridized carbons (Fsp3) is 0.130. The molecule has 0 amide bonds. The van der Waals surface area contributed by atoms with Gasteiger partial charge in [0.2, 0.25) is 10.9 Å². The predicted octanol–water partition coefficient (Wildman–Crippen LogP) is 5.64. The van der Waals surface area contributed by atoms with Crippen LogP contribution < -0.4 is 4.90 Å². The van der Waals surface area contributed by atoms with Crippen molar-refractivity contribution in [3.8, 4) is 11.1 Å². The molecule has 0 radical (unpaired) electrons. The summed E-state index contributed by atoms with van der Waals surface area (Å²) >= 11 is 1.66. The first-order chi connectivity index (χ1) is 13.8. The highest BCUT2D eigenvalue weighted by molar-refractivity contribution is 7.10. The summed E-state index contributed by atoms with van der Waals surface area (Å²) in [5, 5.41) is 0.999. The molecule has 0 aliphatic carbocycles. The Kier molecular flexibility index (Phi) is 4.29. The SMILES string of the molecule is CCN(Cc1ccccc1-c1ccccc1)c1nc2nc3ccccc3n2s1. The fourth-order valence-corrected chi connectivity index (χ4v) is 4.56. The lowest BCUT2D eigenvalue weighted by Gasteiger charge is -2.21.